The van der Waals surface area contributed by atoms with Gasteiger partial charge in [0, 0.05) is 37.8 Å². The lowest BCUT2D eigenvalue weighted by atomic mass is 9.85. The van der Waals surface area contributed by atoms with Gasteiger partial charge in [0.25, 0.3) is 0 Å². The van der Waals surface area contributed by atoms with Crippen LogP contribution in [0.15, 0.2) is 0 Å². The molecular weight excluding hydrogens is 204 g/mol. The molecule has 2 fully saturated rings. The van der Waals surface area contributed by atoms with Crippen LogP contribution in [0.3, 0.4) is 0 Å². The van der Waals surface area contributed by atoms with Gasteiger partial charge in [-0.25, -0.2) is 0 Å². The molecule has 2 saturated heterocycles. The molecule has 0 saturated carbocycles. The second-order valence-electron chi connectivity index (χ2n) is 5.20. The molecule has 2 aliphatic heterocycles. The number of hydrogen-bond donors (Lipinski definition) is 2. The first kappa shape index (κ1) is 12.3. The Hall–Kier alpha value is -0.160. The smallest absolute Gasteiger partial charge is 0.0700 e. The van der Waals surface area contributed by atoms with Gasteiger partial charge in [-0.3, -0.25) is 0 Å². The molecule has 0 aliphatic carbocycles. The van der Waals surface area contributed by atoms with Crippen LogP contribution in [0, 0.1) is 5.92 Å². The molecule has 3 atom stereocenters. The topological polar surface area (TPSA) is 56.5 Å². The van der Waals surface area contributed by atoms with E-state index in [0.29, 0.717) is 18.6 Å². The van der Waals surface area contributed by atoms with Crippen molar-refractivity contribution in [3.05, 3.63) is 0 Å². The number of nitrogens with two attached hydrogens (primary N) is 1. The van der Waals surface area contributed by atoms with E-state index in [9.17, 15) is 0 Å². The van der Waals surface area contributed by atoms with Crippen LogP contribution in [0.1, 0.15) is 26.2 Å². The van der Waals surface area contributed by atoms with Crippen molar-refractivity contribution < 1.29 is 9.47 Å². The summed E-state index contributed by atoms with van der Waals surface area (Å²) < 4.78 is 11.1. The maximum atomic E-state index is 5.91. The zero-order valence-corrected chi connectivity index (χ0v) is 10.2. The van der Waals surface area contributed by atoms with Gasteiger partial charge in [0.05, 0.1) is 12.7 Å². The largest absolute Gasteiger partial charge is 0.381 e. The molecule has 0 aromatic heterocycles. The molecule has 0 aromatic carbocycles. The van der Waals surface area contributed by atoms with Crippen LogP contribution >= 0.6 is 0 Å². The molecule has 0 bridgehead atoms. The Labute approximate surface area is 97.9 Å². The van der Waals surface area contributed by atoms with Gasteiger partial charge >= 0.3 is 0 Å². The van der Waals surface area contributed by atoms with Crippen LogP contribution in [-0.2, 0) is 9.47 Å². The van der Waals surface area contributed by atoms with Gasteiger partial charge in [-0.15, -0.1) is 0 Å². The van der Waals surface area contributed by atoms with Crippen molar-refractivity contribution in [2.45, 2.75) is 37.8 Å². The monoisotopic (exact) mass is 228 g/mol. The Kier molecular flexibility index (Phi) is 4.19. The molecule has 0 aromatic rings. The Morgan fingerprint density at radius 1 is 1.38 bits per heavy atom. The zero-order valence-electron chi connectivity index (χ0n) is 10.2. The van der Waals surface area contributed by atoms with E-state index >= 15 is 0 Å². The van der Waals surface area contributed by atoms with Gasteiger partial charge in [0.1, 0.15) is 0 Å². The molecule has 4 nitrogen and oxygen atoms in total. The highest BCUT2D eigenvalue weighted by atomic mass is 16.5. The van der Waals surface area contributed by atoms with E-state index in [0.717, 1.165) is 32.8 Å². The molecule has 94 valence electrons. The van der Waals surface area contributed by atoms with E-state index in [1.54, 1.807) is 0 Å². The standard InChI is InChI=1S/C12H24N2O2/c1-12(9-13,10-4-6-15-8-10)14-7-11-3-2-5-16-11/h10-11,14H,2-9,13H2,1H3. The molecule has 4 heteroatoms. The minimum Gasteiger partial charge on any atom is -0.381 e. The molecule has 3 N–H and O–H groups in total. The summed E-state index contributed by atoms with van der Waals surface area (Å²) in [5.74, 6) is 0.541. The first-order valence-electron chi connectivity index (χ1n) is 6.39. The van der Waals surface area contributed by atoms with E-state index in [1.165, 1.54) is 12.8 Å². The molecule has 0 radical (unpaired) electrons. The maximum absolute atomic E-state index is 5.91. The van der Waals surface area contributed by atoms with Crippen LogP contribution in [0.2, 0.25) is 0 Å². The third kappa shape index (κ3) is 2.74. The van der Waals surface area contributed by atoms with Crippen LogP contribution < -0.4 is 11.1 Å². The molecule has 3 unspecified atom stereocenters. The average Bonchev–Trinajstić information content (AvgIpc) is 2.98. The fourth-order valence-electron chi connectivity index (χ4n) is 2.57. The van der Waals surface area contributed by atoms with Crippen molar-refractivity contribution in [1.29, 1.82) is 0 Å². The third-order valence-electron chi connectivity index (χ3n) is 4.01. The Morgan fingerprint density at radius 3 is 2.81 bits per heavy atom. The van der Waals surface area contributed by atoms with Gasteiger partial charge in [-0.2, -0.15) is 0 Å². The van der Waals surface area contributed by atoms with E-state index < -0.39 is 0 Å². The van der Waals surface area contributed by atoms with Crippen molar-refractivity contribution in [1.82, 2.24) is 5.32 Å². The molecule has 2 rings (SSSR count). The lowest BCUT2D eigenvalue weighted by Gasteiger charge is -2.35. The van der Waals surface area contributed by atoms with Crippen LogP contribution in [0.4, 0.5) is 0 Å². The lowest BCUT2D eigenvalue weighted by Crippen LogP contribution is -2.56. The fourth-order valence-corrected chi connectivity index (χ4v) is 2.57. The van der Waals surface area contributed by atoms with Crippen molar-refractivity contribution in [3.63, 3.8) is 0 Å². The predicted octanol–water partition coefficient (Wildman–Crippen LogP) is 0.509. The van der Waals surface area contributed by atoms with Crippen LogP contribution in [-0.4, -0.2) is 44.6 Å². The summed E-state index contributed by atoms with van der Waals surface area (Å²) in [6, 6.07) is 0. The van der Waals surface area contributed by atoms with Gasteiger partial charge < -0.3 is 20.5 Å². The summed E-state index contributed by atoms with van der Waals surface area (Å²) in [6.07, 6.45) is 3.87. The maximum Gasteiger partial charge on any atom is 0.0700 e. The van der Waals surface area contributed by atoms with Gasteiger partial charge in [-0.05, 0) is 26.2 Å². The first-order valence-corrected chi connectivity index (χ1v) is 6.39. The Balaban J connectivity index is 1.82. The summed E-state index contributed by atoms with van der Waals surface area (Å²) >= 11 is 0. The molecule has 0 spiro atoms. The summed E-state index contributed by atoms with van der Waals surface area (Å²) in [7, 11) is 0. The van der Waals surface area contributed by atoms with Gasteiger partial charge in [0.2, 0.25) is 0 Å². The van der Waals surface area contributed by atoms with Crippen molar-refractivity contribution in [3.8, 4) is 0 Å². The van der Waals surface area contributed by atoms with Crippen LogP contribution in [0.5, 0.6) is 0 Å². The Bertz CT molecular complexity index is 213. The summed E-state index contributed by atoms with van der Waals surface area (Å²) in [6.45, 7) is 6.42. The number of rotatable bonds is 5. The minimum absolute atomic E-state index is 0.00243. The number of ether oxygens (including phenoxy) is 2. The lowest BCUT2D eigenvalue weighted by molar-refractivity contribution is 0.0918. The van der Waals surface area contributed by atoms with Crippen molar-refractivity contribution in [2.24, 2.45) is 11.7 Å². The SMILES string of the molecule is CC(CN)(NCC1CCCO1)C1CCOC1. The normalized spacial score (nSPS) is 34.1. The van der Waals surface area contributed by atoms with Gasteiger partial charge in [0.15, 0.2) is 0 Å². The van der Waals surface area contributed by atoms with Crippen LogP contribution in [0.25, 0.3) is 0 Å². The average molecular weight is 228 g/mol. The quantitative estimate of drug-likeness (QED) is 0.720. The molecule has 2 aliphatic rings. The second kappa shape index (κ2) is 5.45. The minimum atomic E-state index is 0.00243. The number of hydrogen-bond acceptors (Lipinski definition) is 4. The van der Waals surface area contributed by atoms with E-state index in [-0.39, 0.29) is 5.54 Å². The molecular formula is C12H24N2O2. The Morgan fingerprint density at radius 2 is 2.25 bits per heavy atom. The van der Waals surface area contributed by atoms with E-state index in [1.807, 2.05) is 0 Å². The highest BCUT2D eigenvalue weighted by molar-refractivity contribution is 4.94. The first-order chi connectivity index (χ1) is 7.74. The summed E-state index contributed by atoms with van der Waals surface area (Å²) in [5, 5.41) is 3.60. The third-order valence-corrected chi connectivity index (χ3v) is 4.01. The summed E-state index contributed by atoms with van der Waals surface area (Å²) in [5.41, 5.74) is 5.92. The van der Waals surface area contributed by atoms with Crippen molar-refractivity contribution in [2.75, 3.05) is 32.9 Å². The molecule has 16 heavy (non-hydrogen) atoms. The molecule has 2 heterocycles. The molecule has 0 amide bonds. The van der Waals surface area contributed by atoms with Gasteiger partial charge in [-0.1, -0.05) is 0 Å². The highest BCUT2D eigenvalue weighted by Gasteiger charge is 2.35. The second-order valence-corrected chi connectivity index (χ2v) is 5.20. The van der Waals surface area contributed by atoms with Crippen molar-refractivity contribution >= 4 is 0 Å². The highest BCUT2D eigenvalue weighted by Crippen LogP contribution is 2.25. The number of nitrogens with one attached hydrogen (secondary N) is 1. The zero-order chi connectivity index (χ0) is 11.4. The fraction of sp³-hybridized carbons (Fsp3) is 1.00. The predicted molar refractivity (Wildman–Crippen MR) is 63.4 cm³/mol. The van der Waals surface area contributed by atoms with E-state index in [4.69, 9.17) is 15.2 Å². The van der Waals surface area contributed by atoms with E-state index in [2.05, 4.69) is 12.2 Å². The summed E-state index contributed by atoms with van der Waals surface area (Å²) in [4.78, 5) is 0.